The Bertz CT molecular complexity index is 1160. The van der Waals surface area contributed by atoms with Crippen molar-refractivity contribution < 1.29 is 9.53 Å². The summed E-state index contributed by atoms with van der Waals surface area (Å²) < 4.78 is 6.13. The van der Waals surface area contributed by atoms with E-state index in [0.29, 0.717) is 19.1 Å². The second-order valence-corrected chi connectivity index (χ2v) is 10.2. The molecule has 0 saturated carbocycles. The van der Waals surface area contributed by atoms with Crippen LogP contribution in [0.15, 0.2) is 66.7 Å². The summed E-state index contributed by atoms with van der Waals surface area (Å²) in [6.45, 7) is 9.42. The third-order valence-electron chi connectivity index (χ3n) is 7.43. The summed E-state index contributed by atoms with van der Waals surface area (Å²) in [5.74, 6) is 0.425. The quantitative estimate of drug-likeness (QED) is 0.420. The second-order valence-electron chi connectivity index (χ2n) is 10.2. The van der Waals surface area contributed by atoms with Gasteiger partial charge in [0.25, 0.3) is 0 Å². The predicted octanol–water partition coefficient (Wildman–Crippen LogP) is 6.69. The molecule has 3 aromatic carbocycles. The molecule has 4 heteroatoms. The number of nitrogens with zero attached hydrogens (tertiary/aromatic N) is 1. The van der Waals surface area contributed by atoms with Gasteiger partial charge in [0.05, 0.1) is 6.04 Å². The van der Waals surface area contributed by atoms with Crippen molar-refractivity contribution in [1.82, 2.24) is 10.2 Å². The molecule has 1 amide bonds. The van der Waals surface area contributed by atoms with Crippen LogP contribution in [0, 0.1) is 5.92 Å². The normalized spacial score (nSPS) is 15.3. The van der Waals surface area contributed by atoms with E-state index in [-0.39, 0.29) is 18.1 Å². The molecule has 2 aliphatic rings. The van der Waals surface area contributed by atoms with E-state index in [1.165, 1.54) is 38.9 Å². The Balaban J connectivity index is 1.40. The van der Waals surface area contributed by atoms with Crippen LogP contribution in [0.5, 0.6) is 0 Å². The fourth-order valence-electron chi connectivity index (χ4n) is 5.88. The third-order valence-corrected chi connectivity index (χ3v) is 7.43. The van der Waals surface area contributed by atoms with Crippen LogP contribution in [0.4, 0.5) is 4.79 Å². The largest absolute Gasteiger partial charge is 0.448 e. The smallest absolute Gasteiger partial charge is 0.410 e. The summed E-state index contributed by atoms with van der Waals surface area (Å²) in [6, 6.07) is 23.5. The van der Waals surface area contributed by atoms with E-state index >= 15 is 0 Å². The van der Waals surface area contributed by atoms with Crippen LogP contribution in [0.25, 0.3) is 11.1 Å². The fraction of sp³-hybridized carbons (Fsp3) is 0.387. The Hall–Kier alpha value is -3.11. The molecular weight excluding hydrogens is 432 g/mol. The van der Waals surface area contributed by atoms with Gasteiger partial charge in [-0.1, -0.05) is 87.5 Å². The van der Waals surface area contributed by atoms with Crippen molar-refractivity contribution in [1.29, 1.82) is 0 Å². The minimum atomic E-state index is -0.209. The van der Waals surface area contributed by atoms with Gasteiger partial charge in [0.15, 0.2) is 0 Å². The SMILES string of the molecule is CCC(c1cccc2c1CCNC2)N(CC(C)C)C(=O)OCC1c2ccccc2-c2ccccc21. The van der Waals surface area contributed by atoms with Crippen molar-refractivity contribution in [3.8, 4) is 11.1 Å². The number of carbonyl (C=O) groups excluding carboxylic acids is 1. The molecule has 1 unspecified atom stereocenters. The standard InChI is InChI=1S/C31H36N2O2/c1-4-30(28-15-9-10-22-18-32-17-16-23(22)28)33(19-21(2)3)31(34)35-20-29-26-13-7-5-11-24(26)25-12-6-8-14-27(25)29/h5-15,21,29-30,32H,4,16-20H2,1-3H3. The maximum absolute atomic E-state index is 13.7. The Morgan fingerprint density at radius 3 is 2.34 bits per heavy atom. The number of nitrogens with one attached hydrogen (secondary N) is 1. The van der Waals surface area contributed by atoms with Crippen molar-refractivity contribution in [2.45, 2.75) is 52.1 Å². The Morgan fingerprint density at radius 2 is 1.69 bits per heavy atom. The van der Waals surface area contributed by atoms with Gasteiger partial charge in [-0.05, 0) is 64.2 Å². The summed E-state index contributed by atoms with van der Waals surface area (Å²) in [6.07, 6.45) is 1.65. The second kappa shape index (κ2) is 10.2. The van der Waals surface area contributed by atoms with E-state index in [0.717, 1.165) is 25.9 Å². The van der Waals surface area contributed by atoms with Gasteiger partial charge in [-0.15, -0.1) is 0 Å². The van der Waals surface area contributed by atoms with Gasteiger partial charge < -0.3 is 15.0 Å². The lowest BCUT2D eigenvalue weighted by molar-refractivity contribution is 0.0768. The van der Waals surface area contributed by atoms with E-state index in [2.05, 4.69) is 92.8 Å². The maximum Gasteiger partial charge on any atom is 0.410 e. The molecule has 1 aliphatic heterocycles. The molecule has 3 aromatic rings. The highest BCUT2D eigenvalue weighted by Gasteiger charge is 2.32. The number of fused-ring (bicyclic) bond motifs is 4. The van der Waals surface area contributed by atoms with Crippen LogP contribution in [0.2, 0.25) is 0 Å². The van der Waals surface area contributed by atoms with Crippen molar-refractivity contribution in [2.75, 3.05) is 19.7 Å². The summed E-state index contributed by atoms with van der Waals surface area (Å²) in [7, 11) is 0. The zero-order chi connectivity index (χ0) is 24.4. The monoisotopic (exact) mass is 468 g/mol. The molecule has 0 radical (unpaired) electrons. The first-order valence-electron chi connectivity index (χ1n) is 13.0. The number of benzene rings is 3. The Labute approximate surface area is 209 Å². The van der Waals surface area contributed by atoms with Crippen LogP contribution < -0.4 is 5.32 Å². The molecule has 0 bridgehead atoms. The van der Waals surface area contributed by atoms with Gasteiger partial charge in [0.2, 0.25) is 0 Å². The van der Waals surface area contributed by atoms with E-state index in [9.17, 15) is 4.79 Å². The minimum absolute atomic E-state index is 0.0149. The van der Waals surface area contributed by atoms with E-state index < -0.39 is 0 Å². The van der Waals surface area contributed by atoms with E-state index in [1.807, 2.05) is 4.90 Å². The third kappa shape index (κ3) is 4.60. The highest BCUT2D eigenvalue weighted by molar-refractivity contribution is 5.79. The predicted molar refractivity (Wildman–Crippen MR) is 141 cm³/mol. The topological polar surface area (TPSA) is 41.6 Å². The number of carbonyl (C=O) groups is 1. The fourth-order valence-corrected chi connectivity index (χ4v) is 5.88. The van der Waals surface area contributed by atoms with Crippen LogP contribution in [0.3, 0.4) is 0 Å². The molecule has 1 N–H and O–H groups in total. The number of ether oxygens (including phenoxy) is 1. The summed E-state index contributed by atoms with van der Waals surface area (Å²) in [4.78, 5) is 15.7. The van der Waals surface area contributed by atoms with Crippen LogP contribution in [-0.2, 0) is 17.7 Å². The molecule has 35 heavy (non-hydrogen) atoms. The summed E-state index contributed by atoms with van der Waals surface area (Å²) >= 11 is 0. The molecular formula is C31H36N2O2. The Morgan fingerprint density at radius 1 is 1.00 bits per heavy atom. The lowest BCUT2D eigenvalue weighted by atomic mass is 9.89. The molecule has 1 aliphatic carbocycles. The molecule has 0 saturated heterocycles. The number of hydrogen-bond donors (Lipinski definition) is 1. The van der Waals surface area contributed by atoms with Gasteiger partial charge in [-0.3, -0.25) is 0 Å². The lowest BCUT2D eigenvalue weighted by Crippen LogP contribution is -2.39. The molecule has 1 atom stereocenters. The molecule has 0 spiro atoms. The van der Waals surface area contributed by atoms with Crippen molar-refractivity contribution in [2.24, 2.45) is 5.92 Å². The van der Waals surface area contributed by atoms with Gasteiger partial charge in [-0.2, -0.15) is 0 Å². The first kappa shape index (κ1) is 23.6. The molecule has 1 heterocycles. The lowest BCUT2D eigenvalue weighted by Gasteiger charge is -2.35. The highest BCUT2D eigenvalue weighted by Crippen LogP contribution is 2.44. The summed E-state index contributed by atoms with van der Waals surface area (Å²) in [5, 5.41) is 3.47. The highest BCUT2D eigenvalue weighted by atomic mass is 16.6. The zero-order valence-electron chi connectivity index (χ0n) is 21.1. The molecule has 0 fully saturated rings. The van der Waals surface area contributed by atoms with Gasteiger partial charge >= 0.3 is 6.09 Å². The number of rotatable bonds is 7. The summed E-state index contributed by atoms with van der Waals surface area (Å²) in [5.41, 5.74) is 9.02. The first-order valence-corrected chi connectivity index (χ1v) is 13.0. The minimum Gasteiger partial charge on any atom is -0.448 e. The number of hydrogen-bond acceptors (Lipinski definition) is 3. The average Bonchev–Trinajstić information content (AvgIpc) is 3.20. The zero-order valence-corrected chi connectivity index (χ0v) is 21.1. The van der Waals surface area contributed by atoms with Gasteiger partial charge in [-0.25, -0.2) is 4.79 Å². The number of amides is 1. The molecule has 182 valence electrons. The van der Waals surface area contributed by atoms with E-state index in [4.69, 9.17) is 4.74 Å². The van der Waals surface area contributed by atoms with Crippen LogP contribution in [-0.4, -0.2) is 30.7 Å². The van der Waals surface area contributed by atoms with Crippen molar-refractivity contribution in [3.63, 3.8) is 0 Å². The van der Waals surface area contributed by atoms with E-state index in [1.54, 1.807) is 0 Å². The van der Waals surface area contributed by atoms with Crippen LogP contribution >= 0.6 is 0 Å². The Kier molecular flexibility index (Phi) is 6.92. The van der Waals surface area contributed by atoms with Gasteiger partial charge in [0.1, 0.15) is 6.61 Å². The van der Waals surface area contributed by atoms with Gasteiger partial charge in [0, 0.05) is 19.0 Å². The van der Waals surface area contributed by atoms with Crippen molar-refractivity contribution in [3.05, 3.63) is 94.5 Å². The average molecular weight is 469 g/mol. The molecule has 4 nitrogen and oxygen atoms in total. The first-order chi connectivity index (χ1) is 17.1. The molecule has 0 aromatic heterocycles. The molecule has 5 rings (SSSR count). The maximum atomic E-state index is 13.7. The van der Waals surface area contributed by atoms with Crippen LogP contribution in [0.1, 0.15) is 67.0 Å². The van der Waals surface area contributed by atoms with Crippen molar-refractivity contribution >= 4 is 6.09 Å².